The summed E-state index contributed by atoms with van der Waals surface area (Å²) in [4.78, 5) is 13.0. The maximum Gasteiger partial charge on any atom is 0.135 e. The lowest BCUT2D eigenvalue weighted by Crippen LogP contribution is -2.06. The third kappa shape index (κ3) is 3.52. The predicted molar refractivity (Wildman–Crippen MR) is 72.6 cm³/mol. The van der Waals surface area contributed by atoms with Crippen LogP contribution in [0.4, 0.5) is 5.82 Å². The SMILES string of the molecule is CCCNc1cc(C)nc(Cc2ccncc2)n1. The molecule has 2 aromatic rings. The summed E-state index contributed by atoms with van der Waals surface area (Å²) >= 11 is 0. The van der Waals surface area contributed by atoms with Gasteiger partial charge < -0.3 is 5.32 Å². The van der Waals surface area contributed by atoms with Gasteiger partial charge >= 0.3 is 0 Å². The molecule has 2 heterocycles. The molecule has 2 aromatic heterocycles. The van der Waals surface area contributed by atoms with E-state index in [9.17, 15) is 0 Å². The van der Waals surface area contributed by atoms with Crippen molar-refractivity contribution in [2.24, 2.45) is 0 Å². The third-order valence-corrected chi connectivity index (χ3v) is 2.57. The second-order valence-electron chi connectivity index (χ2n) is 4.27. The summed E-state index contributed by atoms with van der Waals surface area (Å²) in [5, 5.41) is 3.30. The van der Waals surface area contributed by atoms with Gasteiger partial charge in [0.2, 0.25) is 0 Å². The molecule has 4 heteroatoms. The standard InChI is InChI=1S/C14H18N4/c1-3-6-16-13-9-11(2)17-14(18-13)10-12-4-7-15-8-5-12/h4-5,7-9H,3,6,10H2,1-2H3,(H,16,17,18). The molecule has 0 saturated carbocycles. The molecule has 0 aliphatic carbocycles. The van der Waals surface area contributed by atoms with E-state index in [4.69, 9.17) is 0 Å². The summed E-state index contributed by atoms with van der Waals surface area (Å²) < 4.78 is 0. The molecule has 0 radical (unpaired) electrons. The van der Waals surface area contributed by atoms with Crippen LogP contribution in [0.1, 0.15) is 30.4 Å². The fraction of sp³-hybridized carbons (Fsp3) is 0.357. The Kier molecular flexibility index (Phi) is 4.23. The summed E-state index contributed by atoms with van der Waals surface area (Å²) in [6.07, 6.45) is 5.41. The summed E-state index contributed by atoms with van der Waals surface area (Å²) in [6.45, 7) is 5.07. The van der Waals surface area contributed by atoms with Gasteiger partial charge in [-0.1, -0.05) is 6.92 Å². The summed E-state index contributed by atoms with van der Waals surface area (Å²) in [5.74, 6) is 1.76. The Bertz CT molecular complexity index is 496. The summed E-state index contributed by atoms with van der Waals surface area (Å²) in [6, 6.07) is 5.96. The van der Waals surface area contributed by atoms with Crippen molar-refractivity contribution in [3.8, 4) is 0 Å². The molecule has 18 heavy (non-hydrogen) atoms. The van der Waals surface area contributed by atoms with E-state index in [1.165, 1.54) is 5.56 Å². The fourth-order valence-corrected chi connectivity index (χ4v) is 1.74. The highest BCUT2D eigenvalue weighted by atomic mass is 15.0. The minimum absolute atomic E-state index is 0.741. The molecule has 0 fully saturated rings. The molecule has 0 unspecified atom stereocenters. The minimum atomic E-state index is 0.741. The second-order valence-corrected chi connectivity index (χ2v) is 4.27. The van der Waals surface area contributed by atoms with E-state index in [0.717, 1.165) is 36.7 Å². The van der Waals surface area contributed by atoms with E-state index < -0.39 is 0 Å². The van der Waals surface area contributed by atoms with Crippen molar-refractivity contribution in [3.05, 3.63) is 47.7 Å². The largest absolute Gasteiger partial charge is 0.370 e. The number of aromatic nitrogens is 3. The van der Waals surface area contributed by atoms with Gasteiger partial charge in [-0.05, 0) is 31.0 Å². The molecule has 0 bridgehead atoms. The van der Waals surface area contributed by atoms with Crippen LogP contribution >= 0.6 is 0 Å². The Balaban J connectivity index is 2.15. The van der Waals surface area contributed by atoms with Crippen LogP contribution in [0.2, 0.25) is 0 Å². The van der Waals surface area contributed by atoms with Crippen LogP contribution in [0.3, 0.4) is 0 Å². The maximum atomic E-state index is 4.52. The van der Waals surface area contributed by atoms with Gasteiger partial charge in [0.1, 0.15) is 11.6 Å². The molecule has 0 aliphatic heterocycles. The highest BCUT2D eigenvalue weighted by Crippen LogP contribution is 2.10. The molecular weight excluding hydrogens is 224 g/mol. The zero-order valence-corrected chi connectivity index (χ0v) is 10.8. The van der Waals surface area contributed by atoms with E-state index in [2.05, 4.69) is 27.2 Å². The van der Waals surface area contributed by atoms with Crippen LogP contribution in [0.5, 0.6) is 0 Å². The molecule has 1 N–H and O–H groups in total. The average Bonchev–Trinajstić information content (AvgIpc) is 2.37. The molecule has 0 aromatic carbocycles. The molecule has 0 atom stereocenters. The van der Waals surface area contributed by atoms with Crippen molar-refractivity contribution in [1.82, 2.24) is 15.0 Å². The Hall–Kier alpha value is -1.97. The quantitative estimate of drug-likeness (QED) is 0.875. The maximum absolute atomic E-state index is 4.52. The number of aryl methyl sites for hydroxylation is 1. The van der Waals surface area contributed by atoms with Gasteiger partial charge in [-0.15, -0.1) is 0 Å². The summed E-state index contributed by atoms with van der Waals surface area (Å²) in [7, 11) is 0. The van der Waals surface area contributed by atoms with Gasteiger partial charge in [0, 0.05) is 37.1 Å². The van der Waals surface area contributed by atoms with Crippen LogP contribution in [-0.2, 0) is 6.42 Å². The Morgan fingerprint density at radius 2 is 1.94 bits per heavy atom. The highest BCUT2D eigenvalue weighted by molar-refractivity contribution is 5.36. The van der Waals surface area contributed by atoms with Crippen LogP contribution in [-0.4, -0.2) is 21.5 Å². The Morgan fingerprint density at radius 1 is 1.17 bits per heavy atom. The van der Waals surface area contributed by atoms with Crippen molar-refractivity contribution < 1.29 is 0 Å². The number of pyridine rings is 1. The predicted octanol–water partition coefficient (Wildman–Crippen LogP) is 2.59. The lowest BCUT2D eigenvalue weighted by molar-refractivity contribution is 0.916. The van der Waals surface area contributed by atoms with Gasteiger partial charge in [-0.25, -0.2) is 9.97 Å². The van der Waals surface area contributed by atoms with Crippen LogP contribution in [0.25, 0.3) is 0 Å². The first-order valence-corrected chi connectivity index (χ1v) is 6.25. The monoisotopic (exact) mass is 242 g/mol. The zero-order valence-electron chi connectivity index (χ0n) is 10.8. The van der Waals surface area contributed by atoms with E-state index in [0.29, 0.717) is 0 Å². The molecule has 0 amide bonds. The van der Waals surface area contributed by atoms with Crippen molar-refractivity contribution in [2.45, 2.75) is 26.7 Å². The van der Waals surface area contributed by atoms with Crippen LogP contribution < -0.4 is 5.32 Å². The minimum Gasteiger partial charge on any atom is -0.370 e. The third-order valence-electron chi connectivity index (χ3n) is 2.57. The second kappa shape index (κ2) is 6.10. The molecule has 0 aliphatic rings. The lowest BCUT2D eigenvalue weighted by Gasteiger charge is -2.07. The first kappa shape index (κ1) is 12.5. The van der Waals surface area contributed by atoms with Gasteiger partial charge in [0.05, 0.1) is 0 Å². The number of nitrogens with one attached hydrogen (secondary N) is 1. The highest BCUT2D eigenvalue weighted by Gasteiger charge is 2.03. The number of hydrogen-bond acceptors (Lipinski definition) is 4. The van der Waals surface area contributed by atoms with Gasteiger partial charge in [-0.3, -0.25) is 4.98 Å². The Labute approximate surface area is 108 Å². The van der Waals surface area contributed by atoms with E-state index in [-0.39, 0.29) is 0 Å². The van der Waals surface area contributed by atoms with Crippen molar-refractivity contribution in [3.63, 3.8) is 0 Å². The normalized spacial score (nSPS) is 10.3. The number of anilines is 1. The summed E-state index contributed by atoms with van der Waals surface area (Å²) in [5.41, 5.74) is 2.17. The number of nitrogens with zero attached hydrogens (tertiary/aromatic N) is 3. The van der Waals surface area contributed by atoms with Crippen LogP contribution in [0.15, 0.2) is 30.6 Å². The molecule has 0 saturated heterocycles. The van der Waals surface area contributed by atoms with E-state index >= 15 is 0 Å². The lowest BCUT2D eigenvalue weighted by atomic mass is 10.2. The van der Waals surface area contributed by atoms with Crippen LogP contribution in [0, 0.1) is 6.92 Å². The number of hydrogen-bond donors (Lipinski definition) is 1. The smallest absolute Gasteiger partial charge is 0.135 e. The van der Waals surface area contributed by atoms with E-state index in [1.807, 2.05) is 25.1 Å². The van der Waals surface area contributed by atoms with Crippen molar-refractivity contribution in [2.75, 3.05) is 11.9 Å². The van der Waals surface area contributed by atoms with Crippen molar-refractivity contribution >= 4 is 5.82 Å². The Morgan fingerprint density at radius 3 is 2.67 bits per heavy atom. The topological polar surface area (TPSA) is 50.7 Å². The first-order chi connectivity index (χ1) is 8.78. The van der Waals surface area contributed by atoms with Gasteiger partial charge in [0.25, 0.3) is 0 Å². The molecule has 94 valence electrons. The molecule has 2 rings (SSSR count). The van der Waals surface area contributed by atoms with Gasteiger partial charge in [0.15, 0.2) is 0 Å². The average molecular weight is 242 g/mol. The fourth-order valence-electron chi connectivity index (χ4n) is 1.74. The van der Waals surface area contributed by atoms with Crippen molar-refractivity contribution in [1.29, 1.82) is 0 Å². The molecule has 0 spiro atoms. The van der Waals surface area contributed by atoms with Gasteiger partial charge in [-0.2, -0.15) is 0 Å². The zero-order chi connectivity index (χ0) is 12.8. The van der Waals surface area contributed by atoms with E-state index in [1.54, 1.807) is 12.4 Å². The molecular formula is C14H18N4. The number of rotatable bonds is 5. The molecule has 4 nitrogen and oxygen atoms in total. The first-order valence-electron chi connectivity index (χ1n) is 6.25.